The first-order valence-electron chi connectivity index (χ1n) is 23.3. The molecule has 4 heterocycles. The zero-order chi connectivity index (χ0) is 50.7. The summed E-state index contributed by atoms with van der Waals surface area (Å²) in [5.41, 5.74) is -1.93. The van der Waals surface area contributed by atoms with Crippen LogP contribution in [0.2, 0.25) is 0 Å². The fourth-order valence-corrected chi connectivity index (χ4v) is 8.49. The van der Waals surface area contributed by atoms with Gasteiger partial charge >= 0.3 is 23.3 Å². The fourth-order valence-electron chi connectivity index (χ4n) is 8.49. The van der Waals surface area contributed by atoms with Gasteiger partial charge in [0.05, 0.1) is 29.9 Å². The number of ether oxygens (including phenoxy) is 4. The zero-order valence-electron chi connectivity index (χ0n) is 40.0. The van der Waals surface area contributed by atoms with Crippen LogP contribution in [0.15, 0.2) is 58.4 Å². The second kappa shape index (κ2) is 21.3. The van der Waals surface area contributed by atoms with Gasteiger partial charge in [0.25, 0.3) is 0 Å². The number of halogens is 5. The number of rotatable bonds is 8. The lowest BCUT2D eigenvalue weighted by atomic mass is 10.2. The number of piperazine rings is 2. The average Bonchev–Trinajstić information content (AvgIpc) is 3.89. The van der Waals surface area contributed by atoms with E-state index in [0.717, 1.165) is 33.6 Å². The van der Waals surface area contributed by atoms with Crippen LogP contribution in [-0.2, 0) is 9.47 Å². The normalized spacial score (nSPS) is 20.7. The molecular weight excluding hydrogens is 928 g/mol. The molecule has 70 heavy (non-hydrogen) atoms. The quantitative estimate of drug-likeness (QED) is 0.185. The molecule has 22 heteroatoms. The van der Waals surface area contributed by atoms with E-state index >= 15 is 0 Å². The van der Waals surface area contributed by atoms with Crippen LogP contribution in [0, 0.1) is 23.3 Å². The van der Waals surface area contributed by atoms with Gasteiger partial charge in [-0.15, -0.1) is 0 Å². The van der Waals surface area contributed by atoms with E-state index in [1.807, 2.05) is 9.80 Å². The van der Waals surface area contributed by atoms with Gasteiger partial charge in [-0.05, 0) is 91.5 Å². The van der Waals surface area contributed by atoms with Crippen molar-refractivity contribution in [3.05, 3.63) is 92.8 Å². The van der Waals surface area contributed by atoms with Crippen molar-refractivity contribution >= 4 is 23.6 Å². The third-order valence-corrected chi connectivity index (χ3v) is 11.8. The second-order valence-electron chi connectivity index (χ2n) is 19.7. The number of hydrogen-bond acceptors (Lipinski definition) is 13. The maximum absolute atomic E-state index is 13.8. The molecule has 0 radical (unpaired) electrons. The first-order chi connectivity index (χ1) is 33.0. The molecule has 4 aliphatic rings. The van der Waals surface area contributed by atoms with E-state index in [4.69, 9.17) is 18.9 Å². The molecule has 1 N–H and O–H groups in total. The van der Waals surface area contributed by atoms with Gasteiger partial charge in [-0.3, -0.25) is 9.59 Å². The lowest BCUT2D eigenvalue weighted by Crippen LogP contribution is -2.50. The average molecular weight is 987 g/mol. The largest absolute Gasteiger partial charge is 0.483 e. The third-order valence-electron chi connectivity index (χ3n) is 11.8. The number of alkyl halides is 1. The van der Waals surface area contributed by atoms with Crippen molar-refractivity contribution in [2.45, 2.75) is 116 Å². The van der Waals surface area contributed by atoms with Crippen LogP contribution in [0.3, 0.4) is 0 Å². The molecule has 0 unspecified atom stereocenters. The monoisotopic (exact) mass is 986 g/mol. The van der Waals surface area contributed by atoms with Gasteiger partial charge in [-0.25, -0.2) is 31.5 Å². The summed E-state index contributed by atoms with van der Waals surface area (Å²) in [6.07, 6.45) is 2.04. The Hall–Kier alpha value is -6.45. The van der Waals surface area contributed by atoms with Crippen LogP contribution in [0.4, 0.5) is 42.9 Å². The van der Waals surface area contributed by atoms with Gasteiger partial charge < -0.3 is 43.7 Å². The lowest BCUT2D eigenvalue weighted by Gasteiger charge is -2.37. The highest BCUT2D eigenvalue weighted by molar-refractivity contribution is 5.70. The Labute approximate surface area is 401 Å². The highest BCUT2D eigenvalue weighted by Crippen LogP contribution is 2.33. The lowest BCUT2D eigenvalue weighted by molar-refractivity contribution is 0.0230. The summed E-state index contributed by atoms with van der Waals surface area (Å²) in [5, 5.41) is 18.2. The Morgan fingerprint density at radius 1 is 0.571 bits per heavy atom. The van der Waals surface area contributed by atoms with E-state index in [0.29, 0.717) is 108 Å². The molecule has 2 aromatic carbocycles. The number of anilines is 2. The van der Waals surface area contributed by atoms with Gasteiger partial charge in [-0.2, -0.15) is 19.6 Å². The summed E-state index contributed by atoms with van der Waals surface area (Å²) in [7, 11) is 0. The molecule has 17 nitrogen and oxygen atoms in total. The Morgan fingerprint density at radius 3 is 1.27 bits per heavy atom. The standard InChI is InChI=1S/C24H29F3N4O4.C24H30F2N4O5/c1-24(2,3)35-23(33)30-8-6-29(7-9-30)20-14-28-31(18-11-16(26)10-17(27)12-18)22(32)21(20)34-19-5-4-15(25)13-19;1-24(2,3)35-23(33)29-8-6-28(7-9-29)20-14-27-30(17-11-15(25)10-16(26)12-17)22(32)21(20)34-19-5-4-18(31)13-19/h10-12,14-15,19H,4-9,13H2,1-3H3;10-12,14,18-19,31H,4-9,13H2,1-3H3/t15-,19-;18-,19+/m01/s1. The number of nitrogens with zero attached hydrogens (tertiary/aromatic N) is 8. The molecule has 4 atom stereocenters. The molecule has 4 aromatic rings. The van der Waals surface area contributed by atoms with Crippen molar-refractivity contribution < 1.29 is 55.6 Å². The van der Waals surface area contributed by atoms with Gasteiger partial charge in [0, 0.05) is 77.3 Å². The molecule has 4 fully saturated rings. The first kappa shape index (κ1) is 51.4. The third kappa shape index (κ3) is 13.0. The second-order valence-corrected chi connectivity index (χ2v) is 19.7. The summed E-state index contributed by atoms with van der Waals surface area (Å²) < 4.78 is 93.6. The van der Waals surface area contributed by atoms with Crippen molar-refractivity contribution in [2.75, 3.05) is 62.2 Å². The zero-order valence-corrected chi connectivity index (χ0v) is 40.0. The van der Waals surface area contributed by atoms with Crippen LogP contribution in [0.5, 0.6) is 11.5 Å². The van der Waals surface area contributed by atoms with Crippen molar-refractivity contribution in [1.82, 2.24) is 29.4 Å². The Morgan fingerprint density at radius 2 is 0.943 bits per heavy atom. The predicted molar refractivity (Wildman–Crippen MR) is 247 cm³/mol. The highest BCUT2D eigenvalue weighted by Gasteiger charge is 2.34. The molecule has 2 aliphatic carbocycles. The van der Waals surface area contributed by atoms with E-state index < -0.39 is 76.2 Å². The molecule has 2 amide bonds. The van der Waals surface area contributed by atoms with Gasteiger partial charge in [-0.1, -0.05) is 0 Å². The van der Waals surface area contributed by atoms with Gasteiger partial charge in [0.2, 0.25) is 11.5 Å². The van der Waals surface area contributed by atoms with Gasteiger partial charge in [0.15, 0.2) is 0 Å². The van der Waals surface area contributed by atoms with Crippen LogP contribution in [0.25, 0.3) is 11.4 Å². The number of benzene rings is 2. The minimum Gasteiger partial charge on any atom is -0.483 e. The first-order valence-corrected chi connectivity index (χ1v) is 23.3. The van der Waals surface area contributed by atoms with E-state index in [9.17, 15) is 46.2 Å². The molecule has 2 aliphatic heterocycles. The van der Waals surface area contributed by atoms with E-state index in [2.05, 4.69) is 10.2 Å². The summed E-state index contributed by atoms with van der Waals surface area (Å²) in [6.45, 7) is 13.8. The van der Waals surface area contributed by atoms with Crippen molar-refractivity contribution in [3.8, 4) is 22.9 Å². The Balaban J connectivity index is 0.000000206. The molecule has 0 bridgehead atoms. The number of carbonyl (C=O) groups is 2. The smallest absolute Gasteiger partial charge is 0.410 e. The summed E-state index contributed by atoms with van der Waals surface area (Å²) in [6, 6.07) is 5.43. The van der Waals surface area contributed by atoms with Gasteiger partial charge in [0.1, 0.15) is 64.2 Å². The molecule has 8 rings (SSSR count). The van der Waals surface area contributed by atoms with Crippen LogP contribution >= 0.6 is 0 Å². The van der Waals surface area contributed by atoms with Crippen molar-refractivity contribution in [2.24, 2.45) is 0 Å². The SMILES string of the molecule is CC(C)(C)OC(=O)N1CCN(c2cnn(-c3cc(F)cc(F)c3)c(=O)c2O[C@H]2CC[C@@H](O)C2)CC1.CC(C)(C)OC(=O)N1CCN(c2cnn(-c3cc(F)cc(F)c3)c(=O)c2O[C@H]2CC[C@H](F)C2)CC1. The number of aromatic nitrogens is 4. The molecular formula is C48H59F5N8O9. The van der Waals surface area contributed by atoms with E-state index in [1.54, 1.807) is 51.3 Å². The van der Waals surface area contributed by atoms with Crippen LogP contribution < -0.4 is 30.4 Å². The topological polar surface area (TPSA) is 174 Å². The minimum absolute atomic E-state index is 0.00510. The fraction of sp³-hybridized carbons (Fsp3) is 0.542. The Bertz CT molecular complexity index is 2420. The van der Waals surface area contributed by atoms with Crippen molar-refractivity contribution in [1.29, 1.82) is 0 Å². The number of amides is 2. The molecule has 380 valence electrons. The summed E-state index contributed by atoms with van der Waals surface area (Å²) in [5.74, 6) is -3.44. The van der Waals surface area contributed by atoms with Crippen LogP contribution in [-0.4, -0.2) is 135 Å². The van der Waals surface area contributed by atoms with Crippen LogP contribution in [0.1, 0.15) is 80.1 Å². The molecule has 2 saturated carbocycles. The Kier molecular flexibility index (Phi) is 15.6. The molecule has 2 aromatic heterocycles. The number of carbonyl (C=O) groups excluding carboxylic acids is 2. The highest BCUT2D eigenvalue weighted by atomic mass is 19.1. The predicted octanol–water partition coefficient (Wildman–Crippen LogP) is 6.70. The maximum atomic E-state index is 13.8. The minimum atomic E-state index is -1.01. The summed E-state index contributed by atoms with van der Waals surface area (Å²) in [4.78, 5) is 58.5. The van der Waals surface area contributed by atoms with E-state index in [-0.39, 0.29) is 35.4 Å². The molecule has 2 saturated heterocycles. The number of aliphatic hydroxyl groups excluding tert-OH is 1. The number of hydrogen-bond donors (Lipinski definition) is 1. The number of aliphatic hydroxyl groups is 1. The van der Waals surface area contributed by atoms with E-state index in [1.165, 1.54) is 12.4 Å². The molecule has 0 spiro atoms. The van der Waals surface area contributed by atoms with Crippen molar-refractivity contribution in [3.63, 3.8) is 0 Å². The summed E-state index contributed by atoms with van der Waals surface area (Å²) >= 11 is 0. The maximum Gasteiger partial charge on any atom is 0.410 e.